The molecule has 0 fully saturated rings. The molecule has 3 aromatic rings. The molecule has 25 heavy (non-hydrogen) atoms. The average Bonchev–Trinajstić information content (AvgIpc) is 3.09. The van der Waals surface area contributed by atoms with Crippen LogP contribution in [0.2, 0.25) is 0 Å². The van der Waals surface area contributed by atoms with E-state index in [-0.39, 0.29) is 23.7 Å². The van der Waals surface area contributed by atoms with Crippen LogP contribution < -0.4 is 0 Å². The van der Waals surface area contributed by atoms with Crippen molar-refractivity contribution in [2.45, 2.75) is 13.5 Å². The van der Waals surface area contributed by atoms with E-state index >= 15 is 0 Å². The van der Waals surface area contributed by atoms with Crippen LogP contribution in [0.5, 0.6) is 0 Å². The number of aromatic nitrogens is 2. The highest BCUT2D eigenvalue weighted by atomic mass is 16.6. The second-order valence-electron chi connectivity index (χ2n) is 5.26. The SMILES string of the molecule is Cc1ccc(-c2noc(COC(=O)c3cccc([N+](=O)[O-])c3)n2)cc1. The van der Waals surface area contributed by atoms with Gasteiger partial charge in [-0.1, -0.05) is 41.1 Å². The lowest BCUT2D eigenvalue weighted by molar-refractivity contribution is -0.384. The summed E-state index contributed by atoms with van der Waals surface area (Å²) in [7, 11) is 0. The molecule has 126 valence electrons. The van der Waals surface area contributed by atoms with Crippen LogP contribution in [0, 0.1) is 17.0 Å². The third-order valence-corrected chi connectivity index (χ3v) is 3.40. The number of carbonyl (C=O) groups excluding carboxylic acids is 1. The maximum absolute atomic E-state index is 12.0. The molecule has 0 N–H and O–H groups in total. The number of non-ortho nitro benzene ring substituents is 1. The van der Waals surface area contributed by atoms with Gasteiger partial charge in [-0.05, 0) is 13.0 Å². The van der Waals surface area contributed by atoms with Crippen LogP contribution >= 0.6 is 0 Å². The van der Waals surface area contributed by atoms with Crippen molar-refractivity contribution in [2.24, 2.45) is 0 Å². The van der Waals surface area contributed by atoms with Gasteiger partial charge >= 0.3 is 5.97 Å². The first-order valence-electron chi connectivity index (χ1n) is 7.34. The zero-order valence-corrected chi connectivity index (χ0v) is 13.2. The number of carbonyl (C=O) groups is 1. The van der Waals surface area contributed by atoms with Crippen molar-refractivity contribution in [2.75, 3.05) is 0 Å². The van der Waals surface area contributed by atoms with E-state index in [1.165, 1.54) is 18.2 Å². The van der Waals surface area contributed by atoms with E-state index in [2.05, 4.69) is 10.1 Å². The molecule has 0 amide bonds. The normalized spacial score (nSPS) is 10.4. The lowest BCUT2D eigenvalue weighted by atomic mass is 10.1. The Labute approximate surface area is 142 Å². The Morgan fingerprint density at radius 3 is 2.72 bits per heavy atom. The molecular formula is C17H13N3O5. The van der Waals surface area contributed by atoms with Gasteiger partial charge in [-0.15, -0.1) is 0 Å². The number of hydrogen-bond acceptors (Lipinski definition) is 7. The van der Waals surface area contributed by atoms with Crippen LogP contribution in [0.25, 0.3) is 11.4 Å². The first kappa shape index (κ1) is 16.3. The predicted molar refractivity (Wildman–Crippen MR) is 86.7 cm³/mol. The van der Waals surface area contributed by atoms with Gasteiger partial charge in [0.2, 0.25) is 5.82 Å². The zero-order valence-electron chi connectivity index (χ0n) is 13.2. The number of aryl methyl sites for hydroxylation is 1. The minimum atomic E-state index is -0.709. The first-order chi connectivity index (χ1) is 12.0. The minimum absolute atomic E-state index is 0.0764. The fourth-order valence-electron chi connectivity index (χ4n) is 2.09. The van der Waals surface area contributed by atoms with Crippen LogP contribution in [0.3, 0.4) is 0 Å². The van der Waals surface area contributed by atoms with E-state index in [9.17, 15) is 14.9 Å². The summed E-state index contributed by atoms with van der Waals surface area (Å²) in [5.41, 5.74) is 1.78. The summed E-state index contributed by atoms with van der Waals surface area (Å²) >= 11 is 0. The van der Waals surface area contributed by atoms with Crippen LogP contribution in [-0.2, 0) is 11.3 Å². The summed E-state index contributed by atoms with van der Waals surface area (Å²) in [4.78, 5) is 26.3. The van der Waals surface area contributed by atoms with Gasteiger partial charge in [-0.3, -0.25) is 10.1 Å². The molecule has 0 saturated heterocycles. The number of rotatable bonds is 5. The van der Waals surface area contributed by atoms with Gasteiger partial charge in [0.05, 0.1) is 10.5 Å². The molecule has 0 radical (unpaired) electrons. The van der Waals surface area contributed by atoms with E-state index in [4.69, 9.17) is 9.26 Å². The minimum Gasteiger partial charge on any atom is -0.452 e. The predicted octanol–water partition coefficient (Wildman–Crippen LogP) is 3.31. The molecule has 8 nitrogen and oxygen atoms in total. The van der Waals surface area contributed by atoms with Gasteiger partial charge in [0.15, 0.2) is 6.61 Å². The summed E-state index contributed by atoms with van der Waals surface area (Å²) in [6, 6.07) is 12.9. The Hall–Kier alpha value is -3.55. The van der Waals surface area contributed by atoms with Gasteiger partial charge < -0.3 is 9.26 Å². The average molecular weight is 339 g/mol. The number of benzene rings is 2. The molecule has 0 aliphatic rings. The number of ether oxygens (including phenoxy) is 1. The molecule has 0 bridgehead atoms. The molecular weight excluding hydrogens is 326 g/mol. The van der Waals surface area contributed by atoms with Crippen molar-refractivity contribution in [3.63, 3.8) is 0 Å². The van der Waals surface area contributed by atoms with E-state index in [1.807, 2.05) is 31.2 Å². The molecule has 8 heteroatoms. The Bertz CT molecular complexity index is 918. The third-order valence-electron chi connectivity index (χ3n) is 3.40. The first-order valence-corrected chi connectivity index (χ1v) is 7.34. The molecule has 0 unspecified atom stereocenters. The van der Waals surface area contributed by atoms with Crippen LogP contribution in [0.4, 0.5) is 5.69 Å². The van der Waals surface area contributed by atoms with Gasteiger partial charge in [-0.25, -0.2) is 4.79 Å². The van der Waals surface area contributed by atoms with E-state index in [1.54, 1.807) is 0 Å². The highest BCUT2D eigenvalue weighted by Crippen LogP contribution is 2.17. The number of nitro groups is 1. The number of nitro benzene ring substituents is 1. The van der Waals surface area contributed by atoms with Crippen molar-refractivity contribution in [1.29, 1.82) is 0 Å². The second-order valence-corrected chi connectivity index (χ2v) is 5.26. The largest absolute Gasteiger partial charge is 0.452 e. The zero-order chi connectivity index (χ0) is 17.8. The van der Waals surface area contributed by atoms with Crippen molar-refractivity contribution in [3.8, 4) is 11.4 Å². The van der Waals surface area contributed by atoms with E-state index in [0.29, 0.717) is 5.82 Å². The van der Waals surface area contributed by atoms with Crippen LogP contribution in [-0.4, -0.2) is 21.0 Å². The third kappa shape index (κ3) is 3.86. The summed E-state index contributed by atoms with van der Waals surface area (Å²) in [5.74, 6) is -0.186. The number of nitrogens with zero attached hydrogens (tertiary/aromatic N) is 3. The Morgan fingerprint density at radius 2 is 2.00 bits per heavy atom. The molecule has 3 rings (SSSR count). The number of hydrogen-bond donors (Lipinski definition) is 0. The molecule has 1 heterocycles. The van der Waals surface area contributed by atoms with Crippen molar-refractivity contribution < 1.29 is 19.0 Å². The summed E-state index contributed by atoms with van der Waals surface area (Å²) < 4.78 is 10.1. The highest BCUT2D eigenvalue weighted by Gasteiger charge is 2.15. The van der Waals surface area contributed by atoms with E-state index < -0.39 is 10.9 Å². The molecule has 0 atom stereocenters. The smallest absolute Gasteiger partial charge is 0.338 e. The Balaban J connectivity index is 1.66. The lowest BCUT2D eigenvalue weighted by Crippen LogP contribution is -2.06. The molecule has 0 aliphatic carbocycles. The van der Waals surface area contributed by atoms with Crippen molar-refractivity contribution in [3.05, 3.63) is 75.7 Å². The fraction of sp³-hybridized carbons (Fsp3) is 0.118. The lowest BCUT2D eigenvalue weighted by Gasteiger charge is -2.01. The van der Waals surface area contributed by atoms with Gasteiger partial charge in [0.1, 0.15) is 0 Å². The Kier molecular flexibility index (Phi) is 4.51. The maximum Gasteiger partial charge on any atom is 0.338 e. The molecule has 0 aliphatic heterocycles. The van der Waals surface area contributed by atoms with Crippen LogP contribution in [0.1, 0.15) is 21.8 Å². The Morgan fingerprint density at radius 1 is 1.24 bits per heavy atom. The maximum atomic E-state index is 12.0. The van der Waals surface area contributed by atoms with Crippen molar-refractivity contribution >= 4 is 11.7 Å². The summed E-state index contributed by atoms with van der Waals surface area (Å²) in [6.45, 7) is 1.75. The topological polar surface area (TPSA) is 108 Å². The molecule has 0 saturated carbocycles. The summed E-state index contributed by atoms with van der Waals surface area (Å²) in [5, 5.41) is 14.6. The van der Waals surface area contributed by atoms with E-state index in [0.717, 1.165) is 17.2 Å². The molecule has 0 spiro atoms. The van der Waals surface area contributed by atoms with Crippen LogP contribution in [0.15, 0.2) is 53.1 Å². The monoisotopic (exact) mass is 339 g/mol. The van der Waals surface area contributed by atoms with Gasteiger partial charge in [-0.2, -0.15) is 4.98 Å². The van der Waals surface area contributed by atoms with Gasteiger partial charge in [0.25, 0.3) is 11.6 Å². The standard InChI is InChI=1S/C17H13N3O5/c1-11-5-7-12(8-6-11)16-18-15(25-19-16)10-24-17(21)13-3-2-4-14(9-13)20(22)23/h2-9H,10H2,1H3. The second kappa shape index (κ2) is 6.91. The quantitative estimate of drug-likeness (QED) is 0.398. The summed E-state index contributed by atoms with van der Waals surface area (Å²) in [6.07, 6.45) is 0. The van der Waals surface area contributed by atoms with Gasteiger partial charge in [0, 0.05) is 17.7 Å². The fourth-order valence-corrected chi connectivity index (χ4v) is 2.09. The highest BCUT2D eigenvalue weighted by molar-refractivity contribution is 5.90. The van der Waals surface area contributed by atoms with Crippen molar-refractivity contribution in [1.82, 2.24) is 10.1 Å². The molecule has 1 aromatic heterocycles. The molecule has 2 aromatic carbocycles. The number of esters is 1.